The van der Waals surface area contributed by atoms with Crippen molar-refractivity contribution < 1.29 is 9.32 Å². The van der Waals surface area contributed by atoms with Crippen molar-refractivity contribution in [1.82, 2.24) is 15.5 Å². The largest absolute Gasteiger partial charge is 0.352 e. The number of carbonyl (C=O) groups excluding carboxylic acids is 1. The normalized spacial score (nSPS) is 12.5. The summed E-state index contributed by atoms with van der Waals surface area (Å²) in [4.78, 5) is 16.2. The highest BCUT2D eigenvalue weighted by molar-refractivity contribution is 7.08. The molecule has 0 saturated carbocycles. The SMILES string of the molecule is CC(C)CC(CN)NC(=O)CCc1nc(-c2ccsc2)no1. The van der Waals surface area contributed by atoms with Crippen molar-refractivity contribution in [1.29, 1.82) is 0 Å². The lowest BCUT2D eigenvalue weighted by Gasteiger charge is -2.18. The smallest absolute Gasteiger partial charge is 0.227 e. The fourth-order valence-corrected chi connectivity index (χ4v) is 2.80. The van der Waals surface area contributed by atoms with Crippen molar-refractivity contribution in [3.8, 4) is 11.4 Å². The molecule has 0 aliphatic carbocycles. The zero-order valence-electron chi connectivity index (χ0n) is 12.9. The van der Waals surface area contributed by atoms with Gasteiger partial charge in [0.2, 0.25) is 17.6 Å². The summed E-state index contributed by atoms with van der Waals surface area (Å²) in [7, 11) is 0. The molecule has 3 N–H and O–H groups in total. The predicted molar refractivity (Wildman–Crippen MR) is 86.4 cm³/mol. The Morgan fingerprint density at radius 3 is 2.95 bits per heavy atom. The Kier molecular flexibility index (Phi) is 6.09. The maximum atomic E-state index is 11.9. The average molecular weight is 322 g/mol. The van der Waals surface area contributed by atoms with Gasteiger partial charge in [-0.3, -0.25) is 4.79 Å². The highest BCUT2D eigenvalue weighted by Crippen LogP contribution is 2.18. The number of aryl methyl sites for hydroxylation is 1. The van der Waals surface area contributed by atoms with E-state index in [0.717, 1.165) is 12.0 Å². The van der Waals surface area contributed by atoms with Crippen LogP contribution in [-0.4, -0.2) is 28.6 Å². The van der Waals surface area contributed by atoms with Crippen molar-refractivity contribution in [2.45, 2.75) is 39.2 Å². The van der Waals surface area contributed by atoms with Crippen LogP contribution in [0.15, 0.2) is 21.3 Å². The molecule has 120 valence electrons. The molecular weight excluding hydrogens is 300 g/mol. The molecule has 0 spiro atoms. The Hall–Kier alpha value is -1.73. The van der Waals surface area contributed by atoms with Crippen LogP contribution in [0.25, 0.3) is 11.4 Å². The molecule has 7 heteroatoms. The van der Waals surface area contributed by atoms with Crippen LogP contribution in [0.4, 0.5) is 0 Å². The van der Waals surface area contributed by atoms with E-state index in [0.29, 0.717) is 37.0 Å². The van der Waals surface area contributed by atoms with Crippen LogP contribution in [-0.2, 0) is 11.2 Å². The number of nitrogens with zero attached hydrogens (tertiary/aromatic N) is 2. The van der Waals surface area contributed by atoms with E-state index in [1.54, 1.807) is 11.3 Å². The number of hydrogen-bond donors (Lipinski definition) is 2. The van der Waals surface area contributed by atoms with Crippen molar-refractivity contribution in [2.24, 2.45) is 11.7 Å². The van der Waals surface area contributed by atoms with Gasteiger partial charge in [0.15, 0.2) is 0 Å². The second-order valence-electron chi connectivity index (χ2n) is 5.65. The summed E-state index contributed by atoms with van der Waals surface area (Å²) < 4.78 is 5.17. The first kappa shape index (κ1) is 16.6. The average Bonchev–Trinajstić information content (AvgIpc) is 3.14. The van der Waals surface area contributed by atoms with Crippen molar-refractivity contribution in [3.05, 3.63) is 22.7 Å². The van der Waals surface area contributed by atoms with Crippen LogP contribution in [0, 0.1) is 5.92 Å². The number of amides is 1. The van der Waals surface area contributed by atoms with E-state index in [2.05, 4.69) is 29.3 Å². The summed E-state index contributed by atoms with van der Waals surface area (Å²) in [6.45, 7) is 4.67. The van der Waals surface area contributed by atoms with Crippen LogP contribution in [0.3, 0.4) is 0 Å². The molecule has 2 aromatic heterocycles. The van der Waals surface area contributed by atoms with Gasteiger partial charge in [0.25, 0.3) is 0 Å². The molecule has 0 aliphatic rings. The number of rotatable bonds is 8. The van der Waals surface area contributed by atoms with Gasteiger partial charge in [-0.15, -0.1) is 0 Å². The summed E-state index contributed by atoms with van der Waals surface area (Å²) in [6, 6.07) is 1.96. The Labute approximate surface area is 134 Å². The quantitative estimate of drug-likeness (QED) is 0.777. The molecule has 1 amide bonds. The van der Waals surface area contributed by atoms with Crippen molar-refractivity contribution in [3.63, 3.8) is 0 Å². The fraction of sp³-hybridized carbons (Fsp3) is 0.533. The first-order valence-corrected chi connectivity index (χ1v) is 8.37. The predicted octanol–water partition coefficient (Wildman–Crippen LogP) is 2.22. The molecule has 0 radical (unpaired) electrons. The van der Waals surface area contributed by atoms with E-state index < -0.39 is 0 Å². The van der Waals surface area contributed by atoms with Gasteiger partial charge in [-0.1, -0.05) is 19.0 Å². The Bertz CT molecular complexity index is 580. The summed E-state index contributed by atoms with van der Waals surface area (Å²) in [5, 5.41) is 10.8. The summed E-state index contributed by atoms with van der Waals surface area (Å²) in [6.07, 6.45) is 1.63. The molecule has 2 heterocycles. The van der Waals surface area contributed by atoms with Gasteiger partial charge in [-0.25, -0.2) is 0 Å². The minimum atomic E-state index is -0.0358. The second kappa shape index (κ2) is 8.05. The van der Waals surface area contributed by atoms with E-state index in [-0.39, 0.29) is 11.9 Å². The topological polar surface area (TPSA) is 94.0 Å². The van der Waals surface area contributed by atoms with Crippen LogP contribution in [0.5, 0.6) is 0 Å². The fourth-order valence-electron chi connectivity index (χ4n) is 2.17. The van der Waals surface area contributed by atoms with E-state index in [1.165, 1.54) is 0 Å². The van der Waals surface area contributed by atoms with Gasteiger partial charge in [0, 0.05) is 36.4 Å². The maximum Gasteiger partial charge on any atom is 0.227 e. The first-order chi connectivity index (χ1) is 10.6. The third-order valence-corrected chi connectivity index (χ3v) is 3.90. The van der Waals surface area contributed by atoms with E-state index in [4.69, 9.17) is 10.3 Å². The van der Waals surface area contributed by atoms with Gasteiger partial charge in [-0.2, -0.15) is 16.3 Å². The third-order valence-electron chi connectivity index (χ3n) is 3.22. The number of aromatic nitrogens is 2. The molecule has 0 aliphatic heterocycles. The second-order valence-corrected chi connectivity index (χ2v) is 6.43. The van der Waals surface area contributed by atoms with Gasteiger partial charge < -0.3 is 15.6 Å². The van der Waals surface area contributed by atoms with Gasteiger partial charge >= 0.3 is 0 Å². The van der Waals surface area contributed by atoms with Crippen LogP contribution in [0.1, 0.15) is 32.6 Å². The van der Waals surface area contributed by atoms with Gasteiger partial charge in [-0.05, 0) is 23.8 Å². The Balaban J connectivity index is 1.81. The molecule has 0 bridgehead atoms. The maximum absolute atomic E-state index is 11.9. The Morgan fingerprint density at radius 2 is 2.32 bits per heavy atom. The minimum Gasteiger partial charge on any atom is -0.352 e. The lowest BCUT2D eigenvalue weighted by Crippen LogP contribution is -2.41. The zero-order chi connectivity index (χ0) is 15.9. The number of nitrogens with one attached hydrogen (secondary N) is 1. The monoisotopic (exact) mass is 322 g/mol. The molecule has 2 rings (SSSR count). The standard InChI is InChI=1S/C15H22N4O2S/c1-10(2)7-12(8-16)17-13(20)3-4-14-18-15(19-21-14)11-5-6-22-9-11/h5-6,9-10,12H,3-4,7-8,16H2,1-2H3,(H,17,20). The minimum absolute atomic E-state index is 0.0246. The van der Waals surface area contributed by atoms with Crippen LogP contribution in [0.2, 0.25) is 0 Å². The Morgan fingerprint density at radius 1 is 1.50 bits per heavy atom. The first-order valence-electron chi connectivity index (χ1n) is 7.43. The van der Waals surface area contributed by atoms with E-state index in [1.807, 2.05) is 16.8 Å². The summed E-state index contributed by atoms with van der Waals surface area (Å²) in [5.74, 6) is 1.50. The van der Waals surface area contributed by atoms with Crippen LogP contribution >= 0.6 is 11.3 Å². The molecule has 0 aromatic carbocycles. The van der Waals surface area contributed by atoms with Crippen LogP contribution < -0.4 is 11.1 Å². The lowest BCUT2D eigenvalue weighted by atomic mass is 10.0. The van der Waals surface area contributed by atoms with E-state index >= 15 is 0 Å². The molecule has 22 heavy (non-hydrogen) atoms. The van der Waals surface area contributed by atoms with Crippen molar-refractivity contribution >= 4 is 17.2 Å². The third kappa shape index (κ3) is 4.92. The molecule has 1 atom stereocenters. The number of carbonyl (C=O) groups is 1. The number of thiophene rings is 1. The highest BCUT2D eigenvalue weighted by atomic mass is 32.1. The summed E-state index contributed by atoms with van der Waals surface area (Å²) >= 11 is 1.58. The summed E-state index contributed by atoms with van der Waals surface area (Å²) in [5.41, 5.74) is 6.61. The van der Waals surface area contributed by atoms with Crippen molar-refractivity contribution in [2.75, 3.05) is 6.54 Å². The number of nitrogens with two attached hydrogens (primary N) is 1. The molecule has 2 aromatic rings. The highest BCUT2D eigenvalue weighted by Gasteiger charge is 2.14. The lowest BCUT2D eigenvalue weighted by molar-refractivity contribution is -0.121. The molecule has 0 saturated heterocycles. The molecular formula is C15H22N4O2S. The number of hydrogen-bond acceptors (Lipinski definition) is 6. The molecule has 1 unspecified atom stereocenters. The zero-order valence-corrected chi connectivity index (χ0v) is 13.7. The molecule has 0 fully saturated rings. The molecule has 6 nitrogen and oxygen atoms in total. The van der Waals surface area contributed by atoms with Gasteiger partial charge in [0.1, 0.15) is 0 Å². The van der Waals surface area contributed by atoms with Gasteiger partial charge in [0.05, 0.1) is 0 Å². The van der Waals surface area contributed by atoms with E-state index in [9.17, 15) is 4.79 Å².